The minimum absolute atomic E-state index is 0.0133. The molecule has 0 saturated heterocycles. The second-order valence-corrected chi connectivity index (χ2v) is 9.00. The molecule has 2 aromatic heterocycles. The number of fused-ring (bicyclic) bond motifs is 1. The summed E-state index contributed by atoms with van der Waals surface area (Å²) >= 11 is 6.26. The highest BCUT2D eigenvalue weighted by Gasteiger charge is 2.41. The summed E-state index contributed by atoms with van der Waals surface area (Å²) in [4.78, 5) is 8.14. The fourth-order valence-electron chi connectivity index (χ4n) is 3.06. The first kappa shape index (κ1) is 21.6. The first-order chi connectivity index (χ1) is 14.8. The highest BCUT2D eigenvalue weighted by molar-refractivity contribution is 7.87. The molecular formula is C19H17ClF3N5O2S. The quantitative estimate of drug-likeness (QED) is 0.511. The van der Waals surface area contributed by atoms with E-state index in [9.17, 15) is 13.2 Å². The summed E-state index contributed by atoms with van der Waals surface area (Å²) in [5, 5.41) is 3.97. The lowest BCUT2D eigenvalue weighted by Crippen LogP contribution is -2.09. The van der Waals surface area contributed by atoms with Gasteiger partial charge >= 0.3 is 6.18 Å². The van der Waals surface area contributed by atoms with Crippen molar-refractivity contribution in [1.29, 1.82) is 0 Å². The van der Waals surface area contributed by atoms with Gasteiger partial charge in [-0.3, -0.25) is 0 Å². The van der Waals surface area contributed by atoms with E-state index in [1.807, 2.05) is 13.8 Å². The van der Waals surface area contributed by atoms with Gasteiger partial charge in [-0.15, -0.1) is 0 Å². The molecular weight excluding hydrogens is 455 g/mol. The number of halogens is 4. The van der Waals surface area contributed by atoms with Gasteiger partial charge in [0.2, 0.25) is 6.79 Å². The number of aromatic nitrogens is 4. The third-order valence-corrected chi connectivity index (χ3v) is 6.51. The van der Waals surface area contributed by atoms with E-state index in [2.05, 4.69) is 19.4 Å². The van der Waals surface area contributed by atoms with Gasteiger partial charge in [0.15, 0.2) is 23.0 Å². The van der Waals surface area contributed by atoms with Crippen molar-refractivity contribution in [2.24, 2.45) is 4.36 Å². The molecule has 0 atom stereocenters. The van der Waals surface area contributed by atoms with Crippen LogP contribution in [0.5, 0.6) is 11.5 Å². The summed E-state index contributed by atoms with van der Waals surface area (Å²) in [6, 6.07) is 4.41. The van der Waals surface area contributed by atoms with Crippen molar-refractivity contribution in [3.8, 4) is 28.6 Å². The lowest BCUT2D eigenvalue weighted by Gasteiger charge is -2.10. The minimum atomic E-state index is -4.75. The van der Waals surface area contributed by atoms with Crippen molar-refractivity contribution in [2.45, 2.75) is 20.0 Å². The molecule has 0 bridgehead atoms. The van der Waals surface area contributed by atoms with Crippen molar-refractivity contribution in [3.63, 3.8) is 0 Å². The molecule has 0 unspecified atom stereocenters. The minimum Gasteiger partial charge on any atom is -0.454 e. The third kappa shape index (κ3) is 4.11. The van der Waals surface area contributed by atoms with E-state index < -0.39 is 22.6 Å². The molecule has 0 radical (unpaired) electrons. The van der Waals surface area contributed by atoms with Gasteiger partial charge in [0.25, 0.3) is 5.95 Å². The second kappa shape index (κ2) is 8.46. The molecule has 0 spiro atoms. The summed E-state index contributed by atoms with van der Waals surface area (Å²) in [7, 11) is -0.523. The number of hydrogen-bond acceptors (Lipinski definition) is 6. The van der Waals surface area contributed by atoms with Crippen molar-refractivity contribution in [2.75, 3.05) is 18.3 Å². The van der Waals surface area contributed by atoms with Crippen molar-refractivity contribution < 1.29 is 22.6 Å². The molecule has 4 rings (SSSR count). The summed E-state index contributed by atoms with van der Waals surface area (Å²) in [5.41, 5.74) is -1.15. The van der Waals surface area contributed by atoms with Gasteiger partial charge in [-0.1, -0.05) is 36.1 Å². The van der Waals surface area contributed by atoms with E-state index >= 15 is 0 Å². The molecule has 164 valence electrons. The molecule has 3 aromatic rings. The Bertz CT molecular complexity index is 1150. The highest BCUT2D eigenvalue weighted by Crippen LogP contribution is 2.48. The van der Waals surface area contributed by atoms with Gasteiger partial charge in [0.05, 0.1) is 10.6 Å². The van der Waals surface area contributed by atoms with Crippen LogP contribution in [-0.2, 0) is 16.9 Å². The van der Waals surface area contributed by atoms with Crippen LogP contribution in [0, 0.1) is 0 Å². The maximum absolute atomic E-state index is 14.1. The van der Waals surface area contributed by atoms with E-state index in [1.54, 1.807) is 6.07 Å². The monoisotopic (exact) mass is 471 g/mol. The number of alkyl halides is 3. The van der Waals surface area contributed by atoms with Crippen LogP contribution in [-0.4, -0.2) is 38.0 Å². The van der Waals surface area contributed by atoms with E-state index in [1.165, 1.54) is 24.5 Å². The number of rotatable bonds is 5. The molecule has 7 nitrogen and oxygen atoms in total. The normalized spacial score (nSPS) is 13.1. The Hall–Kier alpha value is -2.66. The van der Waals surface area contributed by atoms with Crippen LogP contribution in [0.15, 0.2) is 35.0 Å². The maximum Gasteiger partial charge on any atom is 0.435 e. The van der Waals surface area contributed by atoms with Crippen LogP contribution >= 0.6 is 11.6 Å². The predicted octanol–water partition coefficient (Wildman–Crippen LogP) is 5.20. The molecule has 0 aliphatic carbocycles. The number of benzene rings is 1. The van der Waals surface area contributed by atoms with E-state index in [0.29, 0.717) is 11.5 Å². The van der Waals surface area contributed by atoms with Crippen molar-refractivity contribution in [3.05, 3.63) is 41.3 Å². The Kier molecular flexibility index (Phi) is 5.89. The Labute approximate surface area is 183 Å². The molecule has 0 saturated carbocycles. The lowest BCUT2D eigenvalue weighted by atomic mass is 10.0. The van der Waals surface area contributed by atoms with Gasteiger partial charge in [0, 0.05) is 23.9 Å². The number of nitrogens with zero attached hydrogens (tertiary/aromatic N) is 5. The molecule has 0 N–H and O–H groups in total. The van der Waals surface area contributed by atoms with E-state index in [4.69, 9.17) is 21.1 Å². The van der Waals surface area contributed by atoms with Crippen LogP contribution in [0.2, 0.25) is 5.02 Å². The molecule has 3 heterocycles. The van der Waals surface area contributed by atoms with Gasteiger partial charge < -0.3 is 9.47 Å². The summed E-state index contributed by atoms with van der Waals surface area (Å²) in [5.74, 6) is 1.88. The first-order valence-corrected chi connectivity index (χ1v) is 11.2. The Balaban J connectivity index is 2.06. The molecule has 31 heavy (non-hydrogen) atoms. The average molecular weight is 472 g/mol. The van der Waals surface area contributed by atoms with E-state index in [0.717, 1.165) is 4.68 Å². The van der Waals surface area contributed by atoms with Crippen molar-refractivity contribution >= 4 is 28.1 Å². The van der Waals surface area contributed by atoms with Gasteiger partial charge in [-0.25, -0.2) is 14.3 Å². The third-order valence-electron chi connectivity index (χ3n) is 4.47. The highest BCUT2D eigenvalue weighted by atomic mass is 35.5. The topological polar surface area (TPSA) is 74.4 Å². The zero-order chi connectivity index (χ0) is 22.2. The predicted molar refractivity (Wildman–Crippen MR) is 111 cm³/mol. The van der Waals surface area contributed by atoms with Crippen LogP contribution < -0.4 is 9.47 Å². The number of hydrogen-bond donors (Lipinski definition) is 0. The fourth-order valence-corrected chi connectivity index (χ4v) is 4.41. The second-order valence-electron chi connectivity index (χ2n) is 6.33. The standard InChI is InChI=1S/C19H17ClF3N5O2S/c1-3-31(4-2)27-17-14(11-8-12(20)15-13(9-11)29-10-30-15)16(19(21,22)23)26-28(17)18-24-6-5-7-25-18/h5-9H,3-4,10H2,1-2H3. The van der Waals surface area contributed by atoms with E-state index in [-0.39, 0.29) is 46.2 Å². The summed E-state index contributed by atoms with van der Waals surface area (Å²) < 4.78 is 58.5. The van der Waals surface area contributed by atoms with Gasteiger partial charge in [-0.05, 0) is 23.8 Å². The van der Waals surface area contributed by atoms with Crippen LogP contribution in [0.4, 0.5) is 19.0 Å². The smallest absolute Gasteiger partial charge is 0.435 e. The summed E-state index contributed by atoms with van der Waals surface area (Å²) in [6.45, 7) is 3.79. The molecule has 1 aliphatic rings. The van der Waals surface area contributed by atoms with Crippen LogP contribution in [0.1, 0.15) is 19.5 Å². The first-order valence-electron chi connectivity index (χ1n) is 9.30. The summed E-state index contributed by atoms with van der Waals surface area (Å²) in [6.07, 6.45) is -1.89. The molecule has 1 aromatic carbocycles. The Morgan fingerprint density at radius 3 is 2.52 bits per heavy atom. The van der Waals surface area contributed by atoms with Crippen molar-refractivity contribution in [1.82, 2.24) is 19.7 Å². The lowest BCUT2D eigenvalue weighted by molar-refractivity contribution is -0.140. The number of ether oxygens (including phenoxy) is 2. The Morgan fingerprint density at radius 2 is 1.87 bits per heavy atom. The van der Waals surface area contributed by atoms with Gasteiger partial charge in [0.1, 0.15) is 0 Å². The van der Waals surface area contributed by atoms with Crippen LogP contribution in [0.25, 0.3) is 17.1 Å². The maximum atomic E-state index is 14.1. The van der Waals surface area contributed by atoms with Crippen LogP contribution in [0.3, 0.4) is 0 Å². The molecule has 0 fully saturated rings. The zero-order valence-corrected chi connectivity index (χ0v) is 18.1. The van der Waals surface area contributed by atoms with Gasteiger partial charge in [-0.2, -0.15) is 23.0 Å². The SMILES string of the molecule is CCS(CC)=Nc1c(-c2cc(Cl)c3c(c2)OCO3)c(C(F)(F)F)nn1-c1ncccn1. The largest absolute Gasteiger partial charge is 0.454 e. The average Bonchev–Trinajstić information content (AvgIpc) is 3.37. The molecule has 1 aliphatic heterocycles. The zero-order valence-electron chi connectivity index (χ0n) is 16.5. The fraction of sp³-hybridized carbons (Fsp3) is 0.316. The molecule has 0 amide bonds. The molecule has 12 heteroatoms. The Morgan fingerprint density at radius 1 is 1.16 bits per heavy atom.